The molecule has 2 aromatic rings. The highest BCUT2D eigenvalue weighted by molar-refractivity contribution is 5.40. The Hall–Kier alpha value is -2.00. The molecular formula is C16H19NO2. The van der Waals surface area contributed by atoms with Gasteiger partial charge < -0.3 is 15.2 Å². The Kier molecular flexibility index (Phi) is 4.42. The molecule has 1 unspecified atom stereocenters. The fourth-order valence-corrected chi connectivity index (χ4v) is 1.91. The molecule has 0 spiro atoms. The van der Waals surface area contributed by atoms with Gasteiger partial charge in [-0.3, -0.25) is 0 Å². The third-order valence-corrected chi connectivity index (χ3v) is 2.78. The first-order chi connectivity index (χ1) is 9.19. The molecule has 0 radical (unpaired) electrons. The highest BCUT2D eigenvalue weighted by Crippen LogP contribution is 2.28. The van der Waals surface area contributed by atoms with Crippen molar-refractivity contribution in [2.24, 2.45) is 5.73 Å². The number of rotatable bonds is 5. The lowest BCUT2D eigenvalue weighted by molar-refractivity contribution is 0.408. The summed E-state index contributed by atoms with van der Waals surface area (Å²) in [7, 11) is 1.64. The van der Waals surface area contributed by atoms with Crippen LogP contribution in [0, 0.1) is 0 Å². The van der Waals surface area contributed by atoms with Crippen LogP contribution in [0.5, 0.6) is 17.2 Å². The molecule has 0 bridgehead atoms. The van der Waals surface area contributed by atoms with E-state index in [1.807, 2.05) is 55.5 Å². The Balaban J connectivity index is 2.22. The Morgan fingerprint density at radius 2 is 1.79 bits per heavy atom. The van der Waals surface area contributed by atoms with E-state index < -0.39 is 0 Å². The maximum absolute atomic E-state index is 5.92. The fraction of sp³-hybridized carbons (Fsp3) is 0.250. The largest absolute Gasteiger partial charge is 0.497 e. The highest BCUT2D eigenvalue weighted by atomic mass is 16.5. The van der Waals surface area contributed by atoms with Gasteiger partial charge in [0.05, 0.1) is 7.11 Å². The number of benzene rings is 2. The van der Waals surface area contributed by atoms with Crippen LogP contribution in [0.3, 0.4) is 0 Å². The average Bonchev–Trinajstić information content (AvgIpc) is 2.41. The van der Waals surface area contributed by atoms with Gasteiger partial charge in [0.25, 0.3) is 0 Å². The van der Waals surface area contributed by atoms with Gasteiger partial charge >= 0.3 is 0 Å². The van der Waals surface area contributed by atoms with Crippen molar-refractivity contribution in [3.63, 3.8) is 0 Å². The summed E-state index contributed by atoms with van der Waals surface area (Å²) in [4.78, 5) is 0. The molecule has 0 heterocycles. The van der Waals surface area contributed by atoms with Gasteiger partial charge in [-0.2, -0.15) is 0 Å². The lowest BCUT2D eigenvalue weighted by Gasteiger charge is -2.13. The van der Waals surface area contributed by atoms with Crippen LogP contribution in [0.1, 0.15) is 12.5 Å². The molecule has 0 aliphatic rings. The van der Waals surface area contributed by atoms with Crippen LogP contribution in [-0.4, -0.2) is 13.2 Å². The molecular weight excluding hydrogens is 238 g/mol. The summed E-state index contributed by atoms with van der Waals surface area (Å²) >= 11 is 0. The van der Waals surface area contributed by atoms with Gasteiger partial charge in [0.2, 0.25) is 0 Å². The second-order valence-corrected chi connectivity index (χ2v) is 4.57. The van der Waals surface area contributed by atoms with Crippen LogP contribution in [0.15, 0.2) is 48.5 Å². The minimum atomic E-state index is 0.107. The van der Waals surface area contributed by atoms with Crippen molar-refractivity contribution in [3.05, 3.63) is 54.1 Å². The van der Waals surface area contributed by atoms with E-state index in [4.69, 9.17) is 15.2 Å². The molecule has 0 aliphatic heterocycles. The SMILES string of the molecule is COc1cccc(Oc2ccccc2CC(C)N)c1. The molecule has 2 aromatic carbocycles. The van der Waals surface area contributed by atoms with Crippen molar-refractivity contribution in [2.75, 3.05) is 7.11 Å². The van der Waals surface area contributed by atoms with E-state index in [1.165, 1.54) is 0 Å². The molecule has 0 fully saturated rings. The number of methoxy groups -OCH3 is 1. The van der Waals surface area contributed by atoms with Crippen LogP contribution in [-0.2, 0) is 6.42 Å². The molecule has 3 heteroatoms. The van der Waals surface area contributed by atoms with Gasteiger partial charge in [-0.15, -0.1) is 0 Å². The predicted octanol–water partition coefficient (Wildman–Crippen LogP) is 3.38. The first-order valence-corrected chi connectivity index (χ1v) is 6.34. The zero-order valence-corrected chi connectivity index (χ0v) is 11.3. The predicted molar refractivity (Wildman–Crippen MR) is 76.9 cm³/mol. The molecule has 0 saturated heterocycles. The van der Waals surface area contributed by atoms with Crippen molar-refractivity contribution in [1.29, 1.82) is 0 Å². The van der Waals surface area contributed by atoms with Crippen molar-refractivity contribution < 1.29 is 9.47 Å². The van der Waals surface area contributed by atoms with Crippen molar-refractivity contribution >= 4 is 0 Å². The Labute approximate surface area is 114 Å². The van der Waals surface area contributed by atoms with E-state index in [1.54, 1.807) is 7.11 Å². The van der Waals surface area contributed by atoms with Gasteiger partial charge in [0.15, 0.2) is 0 Å². The third kappa shape index (κ3) is 3.73. The molecule has 2 N–H and O–H groups in total. The average molecular weight is 257 g/mol. The molecule has 0 saturated carbocycles. The maximum Gasteiger partial charge on any atom is 0.131 e. The summed E-state index contributed by atoms with van der Waals surface area (Å²) in [6.45, 7) is 1.99. The minimum absolute atomic E-state index is 0.107. The lowest BCUT2D eigenvalue weighted by atomic mass is 10.1. The molecule has 1 atom stereocenters. The summed E-state index contributed by atoms with van der Waals surface area (Å²) in [5.41, 5.74) is 6.97. The van der Waals surface area contributed by atoms with E-state index in [-0.39, 0.29) is 6.04 Å². The van der Waals surface area contributed by atoms with Crippen molar-refractivity contribution in [1.82, 2.24) is 0 Å². The van der Waals surface area contributed by atoms with E-state index in [2.05, 4.69) is 0 Å². The molecule has 19 heavy (non-hydrogen) atoms. The van der Waals surface area contributed by atoms with Gasteiger partial charge in [-0.25, -0.2) is 0 Å². The molecule has 0 aromatic heterocycles. The van der Waals surface area contributed by atoms with Crippen LogP contribution < -0.4 is 15.2 Å². The normalized spacial score (nSPS) is 11.9. The van der Waals surface area contributed by atoms with Gasteiger partial charge in [0, 0.05) is 12.1 Å². The summed E-state index contributed by atoms with van der Waals surface area (Å²) in [6.07, 6.45) is 0.792. The van der Waals surface area contributed by atoms with Crippen LogP contribution in [0.2, 0.25) is 0 Å². The fourth-order valence-electron chi connectivity index (χ4n) is 1.91. The number of nitrogens with two attached hydrogens (primary N) is 1. The number of hydrogen-bond donors (Lipinski definition) is 1. The van der Waals surface area contributed by atoms with Crippen LogP contribution in [0.25, 0.3) is 0 Å². The van der Waals surface area contributed by atoms with E-state index in [9.17, 15) is 0 Å². The van der Waals surface area contributed by atoms with Gasteiger partial charge in [0.1, 0.15) is 17.2 Å². The number of para-hydroxylation sites is 1. The lowest BCUT2D eigenvalue weighted by Crippen LogP contribution is -2.18. The molecule has 3 nitrogen and oxygen atoms in total. The standard InChI is InChI=1S/C16H19NO2/c1-12(17)10-13-6-3-4-9-16(13)19-15-8-5-7-14(11-15)18-2/h3-9,11-12H,10,17H2,1-2H3. The molecule has 100 valence electrons. The highest BCUT2D eigenvalue weighted by Gasteiger charge is 2.07. The molecule has 0 amide bonds. The van der Waals surface area contributed by atoms with E-state index >= 15 is 0 Å². The van der Waals surface area contributed by atoms with Crippen molar-refractivity contribution in [2.45, 2.75) is 19.4 Å². The van der Waals surface area contributed by atoms with Crippen molar-refractivity contribution in [3.8, 4) is 17.2 Å². The number of hydrogen-bond acceptors (Lipinski definition) is 3. The Morgan fingerprint density at radius 1 is 1.05 bits per heavy atom. The van der Waals surface area contributed by atoms with Crippen LogP contribution >= 0.6 is 0 Å². The molecule has 0 aliphatic carbocycles. The topological polar surface area (TPSA) is 44.5 Å². The summed E-state index contributed by atoms with van der Waals surface area (Å²) < 4.78 is 11.1. The summed E-state index contributed by atoms with van der Waals surface area (Å²) in [5.74, 6) is 2.38. The maximum atomic E-state index is 5.92. The summed E-state index contributed by atoms with van der Waals surface area (Å²) in [5, 5.41) is 0. The smallest absolute Gasteiger partial charge is 0.131 e. The Morgan fingerprint density at radius 3 is 2.53 bits per heavy atom. The first-order valence-electron chi connectivity index (χ1n) is 6.34. The zero-order chi connectivity index (χ0) is 13.7. The third-order valence-electron chi connectivity index (χ3n) is 2.78. The zero-order valence-electron chi connectivity index (χ0n) is 11.3. The second kappa shape index (κ2) is 6.25. The monoisotopic (exact) mass is 257 g/mol. The quantitative estimate of drug-likeness (QED) is 0.893. The summed E-state index contributed by atoms with van der Waals surface area (Å²) in [6, 6.07) is 15.6. The van der Waals surface area contributed by atoms with E-state index in [0.29, 0.717) is 0 Å². The first kappa shape index (κ1) is 13.4. The van der Waals surface area contributed by atoms with E-state index in [0.717, 1.165) is 29.2 Å². The van der Waals surface area contributed by atoms with Gasteiger partial charge in [-0.05, 0) is 37.1 Å². The Bertz CT molecular complexity index is 538. The van der Waals surface area contributed by atoms with Crippen LogP contribution in [0.4, 0.5) is 0 Å². The minimum Gasteiger partial charge on any atom is -0.497 e. The second-order valence-electron chi connectivity index (χ2n) is 4.57. The number of ether oxygens (including phenoxy) is 2. The molecule has 2 rings (SSSR count). The van der Waals surface area contributed by atoms with Gasteiger partial charge in [-0.1, -0.05) is 24.3 Å².